The van der Waals surface area contributed by atoms with E-state index in [1.807, 2.05) is 18.3 Å². The van der Waals surface area contributed by atoms with Crippen LogP contribution in [0.2, 0.25) is 0 Å². The molecule has 9 heteroatoms. The second-order valence-electron chi connectivity index (χ2n) is 9.66. The molecule has 5 rings (SSSR count). The van der Waals surface area contributed by atoms with E-state index in [1.54, 1.807) is 6.07 Å². The van der Waals surface area contributed by atoms with Crippen molar-refractivity contribution in [3.05, 3.63) is 60.3 Å². The van der Waals surface area contributed by atoms with E-state index in [0.717, 1.165) is 81.3 Å². The van der Waals surface area contributed by atoms with Crippen LogP contribution in [0.5, 0.6) is 0 Å². The van der Waals surface area contributed by atoms with Crippen LogP contribution in [0.15, 0.2) is 48.7 Å². The molecule has 0 saturated carbocycles. The van der Waals surface area contributed by atoms with Gasteiger partial charge in [0.1, 0.15) is 29.6 Å². The van der Waals surface area contributed by atoms with Gasteiger partial charge in [-0.3, -0.25) is 0 Å². The second-order valence-corrected chi connectivity index (χ2v) is 9.66. The van der Waals surface area contributed by atoms with Gasteiger partial charge >= 0.3 is 0 Å². The minimum Gasteiger partial charge on any atom is -0.354 e. The van der Waals surface area contributed by atoms with Crippen LogP contribution in [0, 0.1) is 5.82 Å². The Morgan fingerprint density at radius 3 is 2.46 bits per heavy atom. The Morgan fingerprint density at radius 1 is 1.00 bits per heavy atom. The molecule has 1 atom stereocenters. The predicted octanol–water partition coefficient (Wildman–Crippen LogP) is 4.19. The number of benzene rings is 1. The smallest absolute Gasteiger partial charge is 0.135 e. The lowest BCUT2D eigenvalue weighted by Crippen LogP contribution is -2.44. The number of halogens is 1. The van der Waals surface area contributed by atoms with Gasteiger partial charge in [-0.25, -0.2) is 19.3 Å². The standard InChI is InChI=1S/C26H32FN7.C2H4O/c1-32-11-13-34(14-12-32)25-9-8-19(17-28-25)23-16-24(29-22-7-3-6-21(27)15-22)31-26(30-23)20-5-4-10-33(2)18-20;1-2-3/h3,6-9,15-17,20H,4-5,10-14,18H2,1-2H3,(H,29,30,31);2H,1H3. The molecule has 0 amide bonds. The Bertz CT molecular complexity index is 1170. The van der Waals surface area contributed by atoms with Crippen molar-refractivity contribution < 1.29 is 9.18 Å². The molecular formula is C28H36FN7O. The van der Waals surface area contributed by atoms with Gasteiger partial charge in [0.2, 0.25) is 0 Å². The number of piperazine rings is 1. The molecule has 0 radical (unpaired) electrons. The summed E-state index contributed by atoms with van der Waals surface area (Å²) in [6, 6.07) is 12.5. The lowest BCUT2D eigenvalue weighted by Gasteiger charge is -2.33. The van der Waals surface area contributed by atoms with E-state index in [2.05, 4.69) is 46.2 Å². The molecule has 196 valence electrons. The Balaban J connectivity index is 0.00000102. The molecule has 1 unspecified atom stereocenters. The zero-order chi connectivity index (χ0) is 26.2. The Labute approximate surface area is 218 Å². The average molecular weight is 506 g/mol. The van der Waals surface area contributed by atoms with Crippen LogP contribution in [-0.2, 0) is 4.79 Å². The maximum absolute atomic E-state index is 13.7. The summed E-state index contributed by atoms with van der Waals surface area (Å²) in [5, 5.41) is 3.27. The van der Waals surface area contributed by atoms with Gasteiger partial charge in [0.05, 0.1) is 5.69 Å². The summed E-state index contributed by atoms with van der Waals surface area (Å²) in [5.74, 6) is 2.48. The van der Waals surface area contributed by atoms with E-state index in [1.165, 1.54) is 19.1 Å². The van der Waals surface area contributed by atoms with Crippen molar-refractivity contribution in [3.63, 3.8) is 0 Å². The number of hydrogen-bond donors (Lipinski definition) is 1. The zero-order valence-corrected chi connectivity index (χ0v) is 21.9. The topological polar surface area (TPSA) is 77.5 Å². The van der Waals surface area contributed by atoms with Crippen molar-refractivity contribution in [1.29, 1.82) is 0 Å². The van der Waals surface area contributed by atoms with Gasteiger partial charge in [0.15, 0.2) is 0 Å². The Morgan fingerprint density at radius 2 is 1.78 bits per heavy atom. The summed E-state index contributed by atoms with van der Waals surface area (Å²) in [6.45, 7) is 7.54. The molecule has 2 aliphatic heterocycles. The maximum atomic E-state index is 13.7. The lowest BCUT2D eigenvalue weighted by atomic mass is 9.97. The van der Waals surface area contributed by atoms with Crippen LogP contribution in [0.25, 0.3) is 11.3 Å². The quantitative estimate of drug-likeness (QED) is 0.518. The number of nitrogens with zero attached hydrogens (tertiary/aromatic N) is 6. The highest BCUT2D eigenvalue weighted by atomic mass is 19.1. The number of aldehydes is 1. The van der Waals surface area contributed by atoms with E-state index in [0.29, 0.717) is 11.5 Å². The van der Waals surface area contributed by atoms with Gasteiger partial charge in [-0.2, -0.15) is 0 Å². The van der Waals surface area contributed by atoms with E-state index in [-0.39, 0.29) is 11.7 Å². The lowest BCUT2D eigenvalue weighted by molar-refractivity contribution is -0.106. The van der Waals surface area contributed by atoms with Gasteiger partial charge in [0.25, 0.3) is 0 Å². The normalized spacial score (nSPS) is 18.6. The van der Waals surface area contributed by atoms with Crippen LogP contribution < -0.4 is 10.2 Å². The third-order valence-corrected chi connectivity index (χ3v) is 6.70. The molecule has 3 aromatic rings. The molecule has 4 heterocycles. The number of carbonyl (C=O) groups is 1. The highest BCUT2D eigenvalue weighted by Crippen LogP contribution is 2.29. The Hall–Kier alpha value is -3.43. The minimum atomic E-state index is -0.280. The fourth-order valence-electron chi connectivity index (χ4n) is 4.71. The number of hydrogen-bond acceptors (Lipinski definition) is 8. The fraction of sp³-hybridized carbons (Fsp3) is 0.429. The Kier molecular flexibility index (Phi) is 9.14. The molecule has 37 heavy (non-hydrogen) atoms. The van der Waals surface area contributed by atoms with Crippen LogP contribution in [0.1, 0.15) is 31.5 Å². The van der Waals surface area contributed by atoms with Gasteiger partial charge in [-0.1, -0.05) is 6.07 Å². The first-order valence-electron chi connectivity index (χ1n) is 12.8. The van der Waals surface area contributed by atoms with Crippen molar-refractivity contribution in [1.82, 2.24) is 24.8 Å². The summed E-state index contributed by atoms with van der Waals surface area (Å²) in [4.78, 5) is 30.3. The molecule has 1 aromatic carbocycles. The zero-order valence-electron chi connectivity index (χ0n) is 21.9. The van der Waals surface area contributed by atoms with Crippen LogP contribution in [-0.4, -0.2) is 84.4 Å². The number of carbonyl (C=O) groups excluding carboxylic acids is 1. The highest BCUT2D eigenvalue weighted by molar-refractivity contribution is 5.66. The molecule has 2 aromatic heterocycles. The number of rotatable bonds is 5. The van der Waals surface area contributed by atoms with E-state index in [9.17, 15) is 4.39 Å². The number of aromatic nitrogens is 3. The minimum absolute atomic E-state index is 0.268. The predicted molar refractivity (Wildman–Crippen MR) is 146 cm³/mol. The van der Waals surface area contributed by atoms with E-state index < -0.39 is 0 Å². The maximum Gasteiger partial charge on any atom is 0.135 e. The monoisotopic (exact) mass is 505 g/mol. The third-order valence-electron chi connectivity index (χ3n) is 6.70. The first-order chi connectivity index (χ1) is 17.9. The summed E-state index contributed by atoms with van der Waals surface area (Å²) in [5.41, 5.74) is 2.45. The molecule has 2 fully saturated rings. The van der Waals surface area contributed by atoms with Crippen molar-refractivity contribution in [2.24, 2.45) is 0 Å². The summed E-state index contributed by atoms with van der Waals surface area (Å²) < 4.78 is 13.7. The number of likely N-dealkylation sites (tertiary alicyclic amines) is 1. The SMILES string of the molecule is CC=O.CN1CCN(c2ccc(-c3cc(Nc4cccc(F)c4)nc(C4CCCN(C)C4)n3)cn2)CC1. The van der Waals surface area contributed by atoms with Crippen molar-refractivity contribution >= 4 is 23.6 Å². The van der Waals surface area contributed by atoms with Gasteiger partial charge < -0.3 is 24.8 Å². The first-order valence-corrected chi connectivity index (χ1v) is 12.8. The van der Waals surface area contributed by atoms with Crippen LogP contribution >= 0.6 is 0 Å². The number of piperidine rings is 1. The van der Waals surface area contributed by atoms with Crippen LogP contribution in [0.4, 0.5) is 21.7 Å². The second kappa shape index (κ2) is 12.7. The fourth-order valence-corrected chi connectivity index (χ4v) is 4.71. The van der Waals surface area contributed by atoms with Gasteiger partial charge in [0, 0.05) is 62.2 Å². The molecular weight excluding hydrogens is 469 g/mol. The van der Waals surface area contributed by atoms with E-state index >= 15 is 0 Å². The van der Waals surface area contributed by atoms with Crippen molar-refractivity contribution in [3.8, 4) is 11.3 Å². The van der Waals surface area contributed by atoms with Crippen molar-refractivity contribution in [2.75, 3.05) is 63.6 Å². The van der Waals surface area contributed by atoms with Gasteiger partial charge in [-0.15, -0.1) is 0 Å². The summed E-state index contributed by atoms with van der Waals surface area (Å²) in [7, 11) is 4.29. The summed E-state index contributed by atoms with van der Waals surface area (Å²) >= 11 is 0. The number of anilines is 3. The average Bonchev–Trinajstić information content (AvgIpc) is 2.90. The molecule has 1 N–H and O–H groups in total. The number of pyridine rings is 1. The number of nitrogens with one attached hydrogen (secondary N) is 1. The van der Waals surface area contributed by atoms with Crippen molar-refractivity contribution in [2.45, 2.75) is 25.7 Å². The molecule has 2 saturated heterocycles. The first kappa shape index (κ1) is 26.6. The number of likely N-dealkylation sites (N-methyl/N-ethyl adjacent to an activating group) is 2. The van der Waals surface area contributed by atoms with Crippen LogP contribution in [0.3, 0.4) is 0 Å². The van der Waals surface area contributed by atoms with Gasteiger partial charge in [-0.05, 0) is 70.7 Å². The molecule has 2 aliphatic rings. The van der Waals surface area contributed by atoms with E-state index in [4.69, 9.17) is 19.7 Å². The molecule has 0 spiro atoms. The molecule has 0 aliphatic carbocycles. The molecule has 8 nitrogen and oxygen atoms in total. The third kappa shape index (κ3) is 7.30. The highest BCUT2D eigenvalue weighted by Gasteiger charge is 2.23. The summed E-state index contributed by atoms with van der Waals surface area (Å²) in [6.07, 6.45) is 4.84. The largest absolute Gasteiger partial charge is 0.354 e. The molecule has 0 bridgehead atoms.